The topological polar surface area (TPSA) is 59.8 Å². The largest absolute Gasteiger partial charge is 0.347 e. The van der Waals surface area contributed by atoms with E-state index in [0.717, 1.165) is 46.9 Å². The molecule has 0 aliphatic heterocycles. The van der Waals surface area contributed by atoms with Gasteiger partial charge in [0.1, 0.15) is 4.88 Å². The van der Waals surface area contributed by atoms with Crippen molar-refractivity contribution in [1.29, 1.82) is 0 Å². The number of nitrogens with zero attached hydrogens (tertiary/aromatic N) is 3. The van der Waals surface area contributed by atoms with Gasteiger partial charge in [-0.2, -0.15) is 0 Å². The number of carbonyl (C=O) groups excluding carboxylic acids is 1. The van der Waals surface area contributed by atoms with Gasteiger partial charge in [0.05, 0.1) is 17.0 Å². The van der Waals surface area contributed by atoms with Crippen LogP contribution < -0.4 is 5.32 Å². The highest BCUT2D eigenvalue weighted by atomic mass is 32.1. The first-order valence-corrected chi connectivity index (χ1v) is 9.75. The first-order chi connectivity index (χ1) is 12.7. The highest BCUT2D eigenvalue weighted by molar-refractivity contribution is 7.13. The monoisotopic (exact) mass is 368 g/mol. The van der Waals surface area contributed by atoms with Crippen molar-refractivity contribution in [3.8, 4) is 0 Å². The molecule has 0 bridgehead atoms. The molecule has 3 rings (SSSR count). The summed E-state index contributed by atoms with van der Waals surface area (Å²) in [7, 11) is 0. The Morgan fingerprint density at radius 1 is 1.31 bits per heavy atom. The number of imidazole rings is 1. The SMILES string of the molecule is CCCCc1nc(C)c(C(=O)NCc2cccc(Cn3ccnc3)c2)s1. The van der Waals surface area contributed by atoms with Crippen molar-refractivity contribution in [3.05, 3.63) is 69.7 Å². The van der Waals surface area contributed by atoms with Gasteiger partial charge in [0.2, 0.25) is 0 Å². The van der Waals surface area contributed by atoms with Gasteiger partial charge in [0.25, 0.3) is 5.91 Å². The number of unbranched alkanes of at least 4 members (excludes halogenated alkanes) is 1. The van der Waals surface area contributed by atoms with E-state index in [1.807, 2.05) is 29.8 Å². The Morgan fingerprint density at radius 3 is 2.92 bits per heavy atom. The molecule has 3 aromatic rings. The summed E-state index contributed by atoms with van der Waals surface area (Å²) in [6, 6.07) is 8.25. The van der Waals surface area contributed by atoms with Gasteiger partial charge >= 0.3 is 0 Å². The van der Waals surface area contributed by atoms with E-state index >= 15 is 0 Å². The van der Waals surface area contributed by atoms with E-state index in [1.54, 1.807) is 12.5 Å². The van der Waals surface area contributed by atoms with Crippen molar-refractivity contribution >= 4 is 17.2 Å². The van der Waals surface area contributed by atoms with Crippen molar-refractivity contribution < 1.29 is 4.79 Å². The van der Waals surface area contributed by atoms with Gasteiger partial charge in [0.15, 0.2) is 0 Å². The van der Waals surface area contributed by atoms with Crippen LogP contribution in [0, 0.1) is 6.92 Å². The molecule has 0 saturated carbocycles. The lowest BCUT2D eigenvalue weighted by atomic mass is 10.1. The second kappa shape index (κ2) is 8.76. The van der Waals surface area contributed by atoms with Crippen LogP contribution in [0.1, 0.15) is 51.3 Å². The second-order valence-electron chi connectivity index (χ2n) is 6.36. The van der Waals surface area contributed by atoms with Crippen LogP contribution >= 0.6 is 11.3 Å². The standard InChI is InChI=1S/C20H24N4OS/c1-3-4-8-18-23-15(2)19(26-18)20(25)22-12-16-6-5-7-17(11-16)13-24-10-9-21-14-24/h5-7,9-11,14H,3-4,8,12-13H2,1-2H3,(H,22,25). The van der Waals surface area contributed by atoms with Crippen LogP contribution in [0.15, 0.2) is 43.0 Å². The van der Waals surface area contributed by atoms with Crippen molar-refractivity contribution in [2.24, 2.45) is 0 Å². The molecule has 1 aromatic carbocycles. The van der Waals surface area contributed by atoms with Crippen molar-refractivity contribution in [1.82, 2.24) is 19.9 Å². The zero-order valence-electron chi connectivity index (χ0n) is 15.2. The van der Waals surface area contributed by atoms with Crippen LogP contribution in [0.2, 0.25) is 0 Å². The number of aromatic nitrogens is 3. The number of hydrogen-bond donors (Lipinski definition) is 1. The molecule has 2 aromatic heterocycles. The van der Waals surface area contributed by atoms with E-state index in [0.29, 0.717) is 6.54 Å². The molecule has 6 heteroatoms. The first-order valence-electron chi connectivity index (χ1n) is 8.93. The third-order valence-corrected chi connectivity index (χ3v) is 5.38. The molecule has 0 aliphatic carbocycles. The molecule has 1 amide bonds. The fraction of sp³-hybridized carbons (Fsp3) is 0.350. The normalized spacial score (nSPS) is 10.8. The fourth-order valence-electron chi connectivity index (χ4n) is 2.79. The van der Waals surface area contributed by atoms with Gasteiger partial charge in [-0.1, -0.05) is 37.6 Å². The minimum Gasteiger partial charge on any atom is -0.347 e. The third kappa shape index (κ3) is 4.79. The predicted octanol–water partition coefficient (Wildman–Crippen LogP) is 3.97. The molecule has 0 unspecified atom stereocenters. The quantitative estimate of drug-likeness (QED) is 0.654. The van der Waals surface area contributed by atoms with Crippen LogP contribution in [0.3, 0.4) is 0 Å². The molecule has 0 spiro atoms. The van der Waals surface area contributed by atoms with Gasteiger partial charge in [-0.15, -0.1) is 11.3 Å². The number of hydrogen-bond acceptors (Lipinski definition) is 4. The number of benzene rings is 1. The minimum absolute atomic E-state index is 0.0391. The van der Waals surface area contributed by atoms with E-state index in [4.69, 9.17) is 0 Å². The molecule has 0 radical (unpaired) electrons. The van der Waals surface area contributed by atoms with E-state index < -0.39 is 0 Å². The summed E-state index contributed by atoms with van der Waals surface area (Å²) in [5, 5.41) is 4.08. The molecule has 1 N–H and O–H groups in total. The highest BCUT2D eigenvalue weighted by Gasteiger charge is 2.14. The fourth-order valence-corrected chi connectivity index (χ4v) is 3.81. The smallest absolute Gasteiger partial charge is 0.263 e. The van der Waals surface area contributed by atoms with Crippen LogP contribution in [-0.2, 0) is 19.5 Å². The van der Waals surface area contributed by atoms with E-state index in [2.05, 4.69) is 34.3 Å². The lowest BCUT2D eigenvalue weighted by molar-refractivity contribution is 0.0954. The average molecular weight is 369 g/mol. The molecular weight excluding hydrogens is 344 g/mol. The summed E-state index contributed by atoms with van der Waals surface area (Å²) in [5.41, 5.74) is 3.10. The Kier molecular flexibility index (Phi) is 6.17. The summed E-state index contributed by atoms with van der Waals surface area (Å²) in [4.78, 5) is 21.8. The summed E-state index contributed by atoms with van der Waals surface area (Å²) in [5.74, 6) is -0.0391. The Hall–Kier alpha value is -2.47. The lowest BCUT2D eigenvalue weighted by Crippen LogP contribution is -2.22. The Morgan fingerprint density at radius 2 is 2.15 bits per heavy atom. The third-order valence-electron chi connectivity index (χ3n) is 4.16. The van der Waals surface area contributed by atoms with Gasteiger partial charge in [-0.25, -0.2) is 9.97 Å². The number of carbonyl (C=O) groups is 1. The van der Waals surface area contributed by atoms with Gasteiger partial charge in [0, 0.05) is 25.5 Å². The van der Waals surface area contributed by atoms with E-state index in [1.165, 1.54) is 16.9 Å². The number of rotatable bonds is 8. The molecule has 0 atom stereocenters. The number of amides is 1. The summed E-state index contributed by atoms with van der Waals surface area (Å²) in [6.07, 6.45) is 8.71. The maximum atomic E-state index is 12.5. The maximum Gasteiger partial charge on any atom is 0.263 e. The Bertz CT molecular complexity index is 855. The molecule has 136 valence electrons. The van der Waals surface area contributed by atoms with Crippen LogP contribution in [0.25, 0.3) is 0 Å². The van der Waals surface area contributed by atoms with Crippen LogP contribution in [-0.4, -0.2) is 20.4 Å². The van der Waals surface area contributed by atoms with E-state index in [-0.39, 0.29) is 5.91 Å². The molecule has 5 nitrogen and oxygen atoms in total. The molecule has 0 fully saturated rings. The van der Waals surface area contributed by atoms with Gasteiger partial charge < -0.3 is 9.88 Å². The summed E-state index contributed by atoms with van der Waals surface area (Å²) >= 11 is 1.52. The molecule has 0 aliphatic rings. The zero-order chi connectivity index (χ0) is 18.4. The average Bonchev–Trinajstić information content (AvgIpc) is 3.28. The van der Waals surface area contributed by atoms with E-state index in [9.17, 15) is 4.79 Å². The van der Waals surface area contributed by atoms with Gasteiger partial charge in [-0.3, -0.25) is 4.79 Å². The molecular formula is C20H24N4OS. The van der Waals surface area contributed by atoms with Crippen molar-refractivity contribution in [2.75, 3.05) is 0 Å². The summed E-state index contributed by atoms with van der Waals surface area (Å²) in [6.45, 7) is 5.36. The van der Waals surface area contributed by atoms with Crippen LogP contribution in [0.5, 0.6) is 0 Å². The van der Waals surface area contributed by atoms with Crippen molar-refractivity contribution in [3.63, 3.8) is 0 Å². The van der Waals surface area contributed by atoms with Crippen LogP contribution in [0.4, 0.5) is 0 Å². The minimum atomic E-state index is -0.0391. The number of nitrogens with one attached hydrogen (secondary N) is 1. The maximum absolute atomic E-state index is 12.5. The second-order valence-corrected chi connectivity index (χ2v) is 7.45. The Labute approximate surface area is 158 Å². The number of aryl methyl sites for hydroxylation is 2. The van der Waals surface area contributed by atoms with Crippen molar-refractivity contribution in [2.45, 2.75) is 46.2 Å². The zero-order valence-corrected chi connectivity index (χ0v) is 16.1. The summed E-state index contributed by atoms with van der Waals surface area (Å²) < 4.78 is 2.02. The highest BCUT2D eigenvalue weighted by Crippen LogP contribution is 2.20. The lowest BCUT2D eigenvalue weighted by Gasteiger charge is -2.07. The Balaban J connectivity index is 1.60. The molecule has 2 heterocycles. The molecule has 0 saturated heterocycles. The first kappa shape index (κ1) is 18.3. The number of thiazole rings is 1. The molecule has 26 heavy (non-hydrogen) atoms. The van der Waals surface area contributed by atoms with Gasteiger partial charge in [-0.05, 0) is 30.9 Å². The predicted molar refractivity (Wildman–Crippen MR) is 104 cm³/mol.